The fraction of sp³-hybridized carbons (Fsp3) is 0.222. The van der Waals surface area contributed by atoms with Crippen LogP contribution in [0.4, 0.5) is 0 Å². The number of amides is 3. The Labute approximate surface area is 319 Å². The highest BCUT2D eigenvalue weighted by molar-refractivity contribution is 5.96. The molecule has 7 rings (SSSR count). The molecule has 280 valence electrons. The highest BCUT2D eigenvalue weighted by atomic mass is 16.5. The Bertz CT molecular complexity index is 2070. The summed E-state index contributed by atoms with van der Waals surface area (Å²) >= 11 is 0. The van der Waals surface area contributed by atoms with Crippen LogP contribution in [0.5, 0.6) is 5.75 Å². The van der Waals surface area contributed by atoms with E-state index in [-0.39, 0.29) is 25.7 Å². The van der Waals surface area contributed by atoms with E-state index in [2.05, 4.69) is 16.0 Å². The molecule has 10 heteroatoms. The average molecular weight is 738 g/mol. The van der Waals surface area contributed by atoms with E-state index in [4.69, 9.17) is 4.74 Å². The van der Waals surface area contributed by atoms with Gasteiger partial charge in [-0.2, -0.15) is 0 Å². The standard InChI is InChI=1S/C45H43N3O7/c49-40-28-36(45(53)54)26-31-18-23-37(24-19-31)55-29-41(50)48-42(35-14-8-3-9-15-35)44(52)47-39(43(51)46-38(40)25-20-30-10-4-1-5-11-30)27-32-16-21-34(22-17-32)33-12-6-2-7-13-33/h1-19,21-24,36,38-39,42H,20,25-29H2,(H,46,51)(H,47,52)(H,48,50)(H,53,54)/t36-,38+,39-,42?/m1/s1. The van der Waals surface area contributed by atoms with Crippen molar-refractivity contribution in [3.8, 4) is 16.9 Å². The molecule has 10 nitrogen and oxygen atoms in total. The van der Waals surface area contributed by atoms with E-state index in [0.717, 1.165) is 22.3 Å². The number of carboxylic acid groups (broad SMARTS) is 1. The van der Waals surface area contributed by atoms with E-state index in [9.17, 15) is 29.1 Å². The van der Waals surface area contributed by atoms with Crippen LogP contribution in [0.25, 0.3) is 11.1 Å². The van der Waals surface area contributed by atoms with Gasteiger partial charge in [0, 0.05) is 12.8 Å². The Morgan fingerprint density at radius 2 is 1.22 bits per heavy atom. The quantitative estimate of drug-likeness (QED) is 0.150. The molecule has 0 aliphatic carbocycles. The molecule has 2 heterocycles. The fourth-order valence-corrected chi connectivity index (χ4v) is 6.64. The van der Waals surface area contributed by atoms with E-state index < -0.39 is 60.1 Å². The number of hydrogen-bond acceptors (Lipinski definition) is 6. The van der Waals surface area contributed by atoms with Crippen LogP contribution in [0.2, 0.25) is 0 Å². The van der Waals surface area contributed by atoms with Crippen LogP contribution in [-0.4, -0.2) is 53.3 Å². The van der Waals surface area contributed by atoms with Crippen LogP contribution >= 0.6 is 0 Å². The second kappa shape index (κ2) is 18.5. The molecule has 0 fully saturated rings. The number of aliphatic carboxylic acids is 1. The van der Waals surface area contributed by atoms with Gasteiger partial charge >= 0.3 is 5.97 Å². The third-order valence-electron chi connectivity index (χ3n) is 9.68. The number of ether oxygens (including phenoxy) is 1. The number of carbonyl (C=O) groups is 5. The molecule has 5 aromatic carbocycles. The number of carboxylic acids is 1. The smallest absolute Gasteiger partial charge is 0.307 e. The largest absolute Gasteiger partial charge is 0.484 e. The summed E-state index contributed by atoms with van der Waals surface area (Å²) in [5.74, 6) is -4.08. The maximum atomic E-state index is 14.4. The molecule has 2 aliphatic rings. The minimum atomic E-state index is -1.18. The van der Waals surface area contributed by atoms with E-state index in [0.29, 0.717) is 23.3 Å². The lowest BCUT2D eigenvalue weighted by atomic mass is 9.90. The summed E-state index contributed by atoms with van der Waals surface area (Å²) in [4.78, 5) is 68.3. The van der Waals surface area contributed by atoms with Crippen molar-refractivity contribution in [2.45, 2.75) is 50.2 Å². The summed E-state index contributed by atoms with van der Waals surface area (Å²) in [6, 6.07) is 38.9. The number of carbonyl (C=O) groups excluding carboxylic acids is 4. The zero-order valence-corrected chi connectivity index (χ0v) is 30.2. The highest BCUT2D eigenvalue weighted by Crippen LogP contribution is 2.22. The van der Waals surface area contributed by atoms with Crippen LogP contribution in [0.3, 0.4) is 0 Å². The van der Waals surface area contributed by atoms with Gasteiger partial charge in [-0.25, -0.2) is 0 Å². The Kier molecular flexibility index (Phi) is 12.8. The van der Waals surface area contributed by atoms with Gasteiger partial charge in [-0.3, -0.25) is 24.0 Å². The molecule has 1 unspecified atom stereocenters. The maximum absolute atomic E-state index is 14.4. The maximum Gasteiger partial charge on any atom is 0.307 e. The van der Waals surface area contributed by atoms with Gasteiger partial charge in [0.1, 0.15) is 17.8 Å². The topological polar surface area (TPSA) is 151 Å². The first-order chi connectivity index (χ1) is 26.7. The number of ketones is 1. The van der Waals surface area contributed by atoms with Crippen LogP contribution in [0.15, 0.2) is 140 Å². The first-order valence-electron chi connectivity index (χ1n) is 18.3. The number of rotatable bonds is 8. The van der Waals surface area contributed by atoms with Gasteiger partial charge in [-0.1, -0.05) is 127 Å². The SMILES string of the molecule is O=C1COc2ccc(cc2)C[C@@H](C(=O)O)CC(=O)[C@H](CCc2ccccc2)NC(=O)[C@@H](Cc2ccc(-c3ccccc3)cc2)NC(=O)C(c2ccccc2)N1. The van der Waals surface area contributed by atoms with E-state index in [1.54, 1.807) is 54.6 Å². The van der Waals surface area contributed by atoms with Crippen LogP contribution in [0.1, 0.15) is 41.1 Å². The van der Waals surface area contributed by atoms with Gasteiger partial charge in [0.15, 0.2) is 12.4 Å². The second-order valence-corrected chi connectivity index (χ2v) is 13.7. The lowest BCUT2D eigenvalue weighted by Crippen LogP contribution is -2.55. The minimum absolute atomic E-state index is 0.0660. The predicted octanol–water partition coefficient (Wildman–Crippen LogP) is 5.65. The van der Waals surface area contributed by atoms with Gasteiger partial charge in [-0.05, 0) is 64.8 Å². The molecule has 2 bridgehead atoms. The zero-order valence-electron chi connectivity index (χ0n) is 30.2. The number of hydrogen-bond donors (Lipinski definition) is 4. The van der Waals surface area contributed by atoms with Gasteiger partial charge in [0.25, 0.3) is 5.91 Å². The Hall–Kier alpha value is -6.55. The van der Waals surface area contributed by atoms with Crippen LogP contribution < -0.4 is 20.7 Å². The second-order valence-electron chi connectivity index (χ2n) is 13.7. The van der Waals surface area contributed by atoms with Crippen molar-refractivity contribution in [1.29, 1.82) is 0 Å². The van der Waals surface area contributed by atoms with Crippen LogP contribution in [-0.2, 0) is 43.2 Å². The fourth-order valence-electron chi connectivity index (χ4n) is 6.64. The lowest BCUT2D eigenvalue weighted by Gasteiger charge is -2.26. The van der Waals surface area contributed by atoms with Crippen molar-refractivity contribution in [2.75, 3.05) is 6.61 Å². The Morgan fingerprint density at radius 3 is 1.87 bits per heavy atom. The van der Waals surface area contributed by atoms with Crippen molar-refractivity contribution in [2.24, 2.45) is 5.92 Å². The lowest BCUT2D eigenvalue weighted by molar-refractivity contribution is -0.144. The molecule has 4 N–H and O–H groups in total. The number of Topliss-reactive ketones (excluding diaryl/α,β-unsaturated/α-hetero) is 1. The molecular weight excluding hydrogens is 695 g/mol. The molecule has 0 spiro atoms. The zero-order chi connectivity index (χ0) is 38.6. The molecule has 4 atom stereocenters. The summed E-state index contributed by atoms with van der Waals surface area (Å²) in [6.07, 6.45) is 0.465. The number of aryl methyl sites for hydroxylation is 1. The number of fused-ring (bicyclic) bond motifs is 16. The van der Waals surface area contributed by atoms with E-state index in [1.165, 1.54) is 0 Å². The molecule has 0 aromatic heterocycles. The van der Waals surface area contributed by atoms with E-state index in [1.807, 2.05) is 84.9 Å². The summed E-state index contributed by atoms with van der Waals surface area (Å²) in [5, 5.41) is 18.7. The van der Waals surface area contributed by atoms with Crippen molar-refractivity contribution >= 4 is 29.5 Å². The van der Waals surface area contributed by atoms with Crippen molar-refractivity contribution in [1.82, 2.24) is 16.0 Å². The highest BCUT2D eigenvalue weighted by Gasteiger charge is 2.32. The predicted molar refractivity (Wildman–Crippen MR) is 208 cm³/mol. The Morgan fingerprint density at radius 1 is 0.618 bits per heavy atom. The first kappa shape index (κ1) is 38.2. The number of nitrogens with one attached hydrogen (secondary N) is 3. The van der Waals surface area contributed by atoms with Crippen LogP contribution in [0, 0.1) is 5.92 Å². The monoisotopic (exact) mass is 737 g/mol. The molecule has 5 aromatic rings. The molecule has 2 aliphatic heterocycles. The molecule has 0 radical (unpaired) electrons. The third kappa shape index (κ3) is 10.8. The number of benzene rings is 5. The molecule has 0 saturated carbocycles. The Balaban J connectivity index is 1.34. The van der Waals surface area contributed by atoms with Gasteiger partial charge in [0.2, 0.25) is 11.8 Å². The van der Waals surface area contributed by atoms with Gasteiger partial charge in [0.05, 0.1) is 12.0 Å². The van der Waals surface area contributed by atoms with Crippen molar-refractivity contribution in [3.63, 3.8) is 0 Å². The average Bonchev–Trinajstić information content (AvgIpc) is 3.21. The first-order valence-corrected chi connectivity index (χ1v) is 18.3. The molecule has 55 heavy (non-hydrogen) atoms. The van der Waals surface area contributed by atoms with E-state index >= 15 is 0 Å². The van der Waals surface area contributed by atoms with Crippen molar-refractivity contribution < 1.29 is 33.8 Å². The third-order valence-corrected chi connectivity index (χ3v) is 9.68. The molecular formula is C45H43N3O7. The summed E-state index contributed by atoms with van der Waals surface area (Å²) in [6.45, 7) is -0.400. The van der Waals surface area contributed by atoms with Crippen molar-refractivity contribution in [3.05, 3.63) is 162 Å². The molecule has 3 amide bonds. The van der Waals surface area contributed by atoms with Gasteiger partial charge < -0.3 is 25.8 Å². The minimum Gasteiger partial charge on any atom is -0.484 e. The summed E-state index contributed by atoms with van der Waals surface area (Å²) < 4.78 is 5.71. The molecule has 0 saturated heterocycles. The summed E-state index contributed by atoms with van der Waals surface area (Å²) in [7, 11) is 0. The summed E-state index contributed by atoms with van der Waals surface area (Å²) in [5.41, 5.74) is 4.84. The van der Waals surface area contributed by atoms with Gasteiger partial charge in [-0.15, -0.1) is 0 Å². The normalized spacial score (nSPS) is 19.8.